The average molecular weight is 256 g/mol. The van der Waals surface area contributed by atoms with Crippen LogP contribution in [-0.4, -0.2) is 38.5 Å². The monoisotopic (exact) mass is 256 g/mol. The third-order valence-corrected chi connectivity index (χ3v) is 2.76. The molecule has 1 aromatic carbocycles. The van der Waals surface area contributed by atoms with Gasteiger partial charge in [0.15, 0.2) is 0 Å². The molecule has 0 spiro atoms. The predicted octanol–water partition coefficient (Wildman–Crippen LogP) is 1.29. The minimum atomic E-state index is -0.325. The van der Waals surface area contributed by atoms with Crippen LogP contribution in [0.1, 0.15) is 18.5 Å². The van der Waals surface area contributed by atoms with E-state index in [9.17, 15) is 4.39 Å². The standard InChI is InChI=1S/C13H21FN2O2/c1-10(15)11-4-3-5-12(14)13(11)16(6-8-17)7-9-18-2/h3-5,10,17H,6-9,15H2,1-2H3/t10-/m0/s1. The molecular weight excluding hydrogens is 235 g/mol. The zero-order valence-corrected chi connectivity index (χ0v) is 10.9. The summed E-state index contributed by atoms with van der Waals surface area (Å²) in [5.74, 6) is -0.325. The van der Waals surface area contributed by atoms with Crippen molar-refractivity contribution in [3.8, 4) is 0 Å². The number of halogens is 1. The maximum absolute atomic E-state index is 14.0. The van der Waals surface area contributed by atoms with E-state index in [0.29, 0.717) is 25.4 Å². The van der Waals surface area contributed by atoms with Crippen LogP contribution in [-0.2, 0) is 4.74 Å². The maximum Gasteiger partial charge on any atom is 0.146 e. The Balaban J connectivity index is 3.08. The van der Waals surface area contributed by atoms with Gasteiger partial charge in [0.1, 0.15) is 5.82 Å². The van der Waals surface area contributed by atoms with E-state index in [1.54, 1.807) is 24.1 Å². The molecule has 0 fully saturated rings. The molecule has 0 aromatic heterocycles. The third-order valence-electron chi connectivity index (χ3n) is 2.76. The highest BCUT2D eigenvalue weighted by Gasteiger charge is 2.17. The van der Waals surface area contributed by atoms with Crippen molar-refractivity contribution in [2.75, 3.05) is 38.3 Å². The molecule has 1 rings (SSSR count). The van der Waals surface area contributed by atoms with Gasteiger partial charge in [0.25, 0.3) is 0 Å². The summed E-state index contributed by atoms with van der Waals surface area (Å²) in [4.78, 5) is 1.76. The second kappa shape index (κ2) is 7.31. The summed E-state index contributed by atoms with van der Waals surface area (Å²) < 4.78 is 19.0. The van der Waals surface area contributed by atoms with Gasteiger partial charge in [-0.15, -0.1) is 0 Å². The molecule has 1 atom stereocenters. The molecule has 3 N–H and O–H groups in total. The number of aliphatic hydroxyl groups is 1. The Morgan fingerprint density at radius 1 is 1.44 bits per heavy atom. The maximum atomic E-state index is 14.0. The number of para-hydroxylation sites is 1. The Morgan fingerprint density at radius 3 is 2.72 bits per heavy atom. The molecule has 102 valence electrons. The SMILES string of the molecule is COCCN(CCO)c1c(F)cccc1[C@H](C)N. The van der Waals surface area contributed by atoms with Crippen LogP contribution in [0.25, 0.3) is 0 Å². The number of ether oxygens (including phenoxy) is 1. The van der Waals surface area contributed by atoms with E-state index < -0.39 is 0 Å². The van der Waals surface area contributed by atoms with Gasteiger partial charge >= 0.3 is 0 Å². The van der Waals surface area contributed by atoms with Crippen molar-refractivity contribution in [1.29, 1.82) is 0 Å². The highest BCUT2D eigenvalue weighted by atomic mass is 19.1. The Morgan fingerprint density at radius 2 is 2.17 bits per heavy atom. The molecule has 0 aliphatic carbocycles. The van der Waals surface area contributed by atoms with Crippen LogP contribution < -0.4 is 10.6 Å². The fourth-order valence-corrected chi connectivity index (χ4v) is 1.89. The van der Waals surface area contributed by atoms with Gasteiger partial charge in [-0.05, 0) is 18.6 Å². The molecule has 18 heavy (non-hydrogen) atoms. The molecule has 0 amide bonds. The second-order valence-electron chi connectivity index (χ2n) is 4.17. The van der Waals surface area contributed by atoms with Gasteiger partial charge in [-0.3, -0.25) is 0 Å². The van der Waals surface area contributed by atoms with E-state index in [2.05, 4.69) is 0 Å². The number of anilines is 1. The van der Waals surface area contributed by atoms with Gasteiger partial charge in [-0.2, -0.15) is 0 Å². The summed E-state index contributed by atoms with van der Waals surface area (Å²) >= 11 is 0. The number of aliphatic hydroxyl groups excluding tert-OH is 1. The lowest BCUT2D eigenvalue weighted by Crippen LogP contribution is -2.32. The molecule has 5 heteroatoms. The van der Waals surface area contributed by atoms with Crippen molar-refractivity contribution in [3.63, 3.8) is 0 Å². The summed E-state index contributed by atoms with van der Waals surface area (Å²) in [5.41, 5.74) is 7.05. The number of nitrogens with zero attached hydrogens (tertiary/aromatic N) is 1. The lowest BCUT2D eigenvalue weighted by molar-refractivity contribution is 0.202. The quantitative estimate of drug-likeness (QED) is 0.772. The molecule has 0 radical (unpaired) electrons. The number of benzene rings is 1. The van der Waals surface area contributed by atoms with E-state index in [1.165, 1.54) is 6.07 Å². The zero-order valence-electron chi connectivity index (χ0n) is 10.9. The van der Waals surface area contributed by atoms with Crippen LogP contribution in [0.5, 0.6) is 0 Å². The summed E-state index contributed by atoms with van der Waals surface area (Å²) in [7, 11) is 1.59. The molecule has 1 aromatic rings. The number of hydrogen-bond donors (Lipinski definition) is 2. The highest BCUT2D eigenvalue weighted by molar-refractivity contribution is 5.56. The Bertz CT molecular complexity index is 372. The van der Waals surface area contributed by atoms with Gasteiger partial charge in [0, 0.05) is 26.2 Å². The third kappa shape index (κ3) is 3.66. The lowest BCUT2D eigenvalue weighted by atomic mass is 10.1. The first kappa shape index (κ1) is 14.9. The van der Waals surface area contributed by atoms with Crippen LogP contribution in [0.4, 0.5) is 10.1 Å². The molecule has 0 aliphatic rings. The molecule has 0 saturated carbocycles. The summed E-state index contributed by atoms with van der Waals surface area (Å²) in [6.07, 6.45) is 0. The summed E-state index contributed by atoms with van der Waals surface area (Å²) in [6.45, 7) is 3.09. The second-order valence-corrected chi connectivity index (χ2v) is 4.17. The zero-order chi connectivity index (χ0) is 13.5. The van der Waals surface area contributed by atoms with E-state index in [1.807, 2.05) is 6.92 Å². The van der Waals surface area contributed by atoms with Crippen LogP contribution >= 0.6 is 0 Å². The van der Waals surface area contributed by atoms with Crippen molar-refractivity contribution < 1.29 is 14.2 Å². The van der Waals surface area contributed by atoms with Crippen molar-refractivity contribution in [1.82, 2.24) is 0 Å². The van der Waals surface area contributed by atoms with Gasteiger partial charge in [0.2, 0.25) is 0 Å². The molecule has 0 heterocycles. The van der Waals surface area contributed by atoms with Gasteiger partial charge in [-0.1, -0.05) is 12.1 Å². The summed E-state index contributed by atoms with van der Waals surface area (Å²) in [5, 5.41) is 9.08. The predicted molar refractivity (Wildman–Crippen MR) is 70.2 cm³/mol. The number of hydrogen-bond acceptors (Lipinski definition) is 4. The van der Waals surface area contributed by atoms with Crippen molar-refractivity contribution in [2.45, 2.75) is 13.0 Å². The number of nitrogens with two attached hydrogens (primary N) is 1. The fourth-order valence-electron chi connectivity index (χ4n) is 1.89. The minimum absolute atomic E-state index is 0.0452. The Hall–Kier alpha value is -1.17. The highest BCUT2D eigenvalue weighted by Crippen LogP contribution is 2.28. The fraction of sp³-hybridized carbons (Fsp3) is 0.538. The first-order valence-corrected chi connectivity index (χ1v) is 6.00. The topological polar surface area (TPSA) is 58.7 Å². The van der Waals surface area contributed by atoms with Gasteiger partial charge in [-0.25, -0.2) is 4.39 Å². The Labute approximate surface area is 107 Å². The van der Waals surface area contributed by atoms with Crippen molar-refractivity contribution in [3.05, 3.63) is 29.6 Å². The van der Waals surface area contributed by atoms with Gasteiger partial charge < -0.3 is 20.5 Å². The van der Waals surface area contributed by atoms with E-state index >= 15 is 0 Å². The molecular formula is C13H21FN2O2. The van der Waals surface area contributed by atoms with E-state index in [4.69, 9.17) is 15.6 Å². The van der Waals surface area contributed by atoms with E-state index in [0.717, 1.165) is 5.56 Å². The molecule has 0 bridgehead atoms. The Kier molecular flexibility index (Phi) is 6.04. The molecule has 0 unspecified atom stereocenters. The number of methoxy groups -OCH3 is 1. The van der Waals surface area contributed by atoms with Crippen molar-refractivity contribution in [2.24, 2.45) is 5.73 Å². The first-order valence-electron chi connectivity index (χ1n) is 6.00. The smallest absolute Gasteiger partial charge is 0.146 e. The van der Waals surface area contributed by atoms with Gasteiger partial charge in [0.05, 0.1) is 18.9 Å². The molecule has 0 saturated heterocycles. The van der Waals surface area contributed by atoms with Crippen molar-refractivity contribution >= 4 is 5.69 Å². The largest absolute Gasteiger partial charge is 0.395 e. The van der Waals surface area contributed by atoms with Crippen LogP contribution in [0.2, 0.25) is 0 Å². The minimum Gasteiger partial charge on any atom is -0.395 e. The van der Waals surface area contributed by atoms with Crippen LogP contribution in [0, 0.1) is 5.82 Å². The molecule has 4 nitrogen and oxygen atoms in total. The normalized spacial score (nSPS) is 12.5. The lowest BCUT2D eigenvalue weighted by Gasteiger charge is -2.27. The summed E-state index contributed by atoms with van der Waals surface area (Å²) in [6, 6.07) is 4.59. The molecule has 0 aliphatic heterocycles. The van der Waals surface area contributed by atoms with E-state index in [-0.39, 0.29) is 18.5 Å². The number of rotatable bonds is 7. The average Bonchev–Trinajstić information content (AvgIpc) is 2.34. The van der Waals surface area contributed by atoms with Crippen LogP contribution in [0.3, 0.4) is 0 Å². The van der Waals surface area contributed by atoms with Crippen LogP contribution in [0.15, 0.2) is 18.2 Å². The first-order chi connectivity index (χ1) is 8.61.